The number of hydrogen-bond donors (Lipinski definition) is 1. The van der Waals surface area contributed by atoms with E-state index in [2.05, 4.69) is 10.3 Å². The van der Waals surface area contributed by atoms with Gasteiger partial charge in [0.05, 0.1) is 10.5 Å². The van der Waals surface area contributed by atoms with E-state index in [4.69, 9.17) is 0 Å². The van der Waals surface area contributed by atoms with Gasteiger partial charge in [0.1, 0.15) is 6.20 Å². The van der Waals surface area contributed by atoms with E-state index in [1.54, 1.807) is 0 Å². The lowest BCUT2D eigenvalue weighted by molar-refractivity contribution is -0.385. The van der Waals surface area contributed by atoms with Crippen LogP contribution >= 0.6 is 0 Å². The van der Waals surface area contributed by atoms with Gasteiger partial charge in [-0.2, -0.15) is 0 Å². The minimum Gasteiger partial charge on any atom is -0.292 e. The fourth-order valence-corrected chi connectivity index (χ4v) is 1.27. The Morgan fingerprint density at radius 3 is 2.67 bits per heavy atom. The van der Waals surface area contributed by atoms with Crippen molar-refractivity contribution in [2.24, 2.45) is 5.92 Å². The third-order valence-corrected chi connectivity index (χ3v) is 2.04. The van der Waals surface area contributed by atoms with Gasteiger partial charge in [0.2, 0.25) is 5.91 Å². The van der Waals surface area contributed by atoms with E-state index in [9.17, 15) is 19.7 Å². The number of nitro groups is 1. The molecule has 0 radical (unpaired) electrons. The molecule has 0 aromatic carbocycles. The molecule has 0 saturated heterocycles. The topological polar surface area (TPSA) is 102 Å². The molecule has 0 aliphatic rings. The van der Waals surface area contributed by atoms with Crippen molar-refractivity contribution >= 4 is 17.5 Å². The second-order valence-corrected chi connectivity index (χ2v) is 4.16. The lowest BCUT2D eigenvalue weighted by atomic mass is 10.1. The molecule has 0 unspecified atom stereocenters. The molecule has 0 saturated carbocycles. The lowest BCUT2D eigenvalue weighted by Crippen LogP contribution is -2.31. The molecule has 0 bridgehead atoms. The van der Waals surface area contributed by atoms with Gasteiger partial charge in [0.15, 0.2) is 0 Å². The maximum atomic E-state index is 11.6. The van der Waals surface area contributed by atoms with Crippen molar-refractivity contribution in [3.63, 3.8) is 0 Å². The molecule has 2 amide bonds. The number of carbonyl (C=O) groups is 2. The first-order valence-corrected chi connectivity index (χ1v) is 5.33. The number of pyridine rings is 1. The number of nitrogens with one attached hydrogen (secondary N) is 1. The van der Waals surface area contributed by atoms with Gasteiger partial charge in [0, 0.05) is 18.7 Å². The summed E-state index contributed by atoms with van der Waals surface area (Å²) in [5, 5.41) is 12.7. The molecule has 1 aromatic heterocycles. The maximum absolute atomic E-state index is 11.6. The van der Waals surface area contributed by atoms with Gasteiger partial charge in [-0.3, -0.25) is 30.0 Å². The van der Waals surface area contributed by atoms with Gasteiger partial charge in [-0.1, -0.05) is 13.8 Å². The summed E-state index contributed by atoms with van der Waals surface area (Å²) in [4.78, 5) is 36.4. The van der Waals surface area contributed by atoms with Crippen LogP contribution in [0.4, 0.5) is 5.69 Å². The molecule has 1 heterocycles. The van der Waals surface area contributed by atoms with Crippen molar-refractivity contribution in [3.05, 3.63) is 34.1 Å². The normalized spacial score (nSPS) is 10.2. The van der Waals surface area contributed by atoms with Gasteiger partial charge in [-0.15, -0.1) is 0 Å². The predicted octanol–water partition coefficient (Wildman–Crippen LogP) is 1.29. The van der Waals surface area contributed by atoms with E-state index in [-0.39, 0.29) is 23.6 Å². The minimum atomic E-state index is -0.683. The average molecular weight is 251 g/mol. The first kappa shape index (κ1) is 13.8. The van der Waals surface area contributed by atoms with Crippen LogP contribution in [0.2, 0.25) is 0 Å². The standard InChI is InChI=1S/C11H13N3O4/c1-7(2)3-10(15)13-11(16)8-4-9(14(17)18)6-12-5-8/h4-7H,3H2,1-2H3,(H,13,15,16). The Morgan fingerprint density at radius 1 is 1.44 bits per heavy atom. The fourth-order valence-electron chi connectivity index (χ4n) is 1.27. The van der Waals surface area contributed by atoms with E-state index in [1.165, 1.54) is 6.20 Å². The fraction of sp³-hybridized carbons (Fsp3) is 0.364. The molecule has 96 valence electrons. The van der Waals surface area contributed by atoms with Crippen molar-refractivity contribution in [2.75, 3.05) is 0 Å². The van der Waals surface area contributed by atoms with E-state index in [1.807, 2.05) is 13.8 Å². The molecule has 0 spiro atoms. The summed E-state index contributed by atoms with van der Waals surface area (Å²) in [5.41, 5.74) is -0.305. The number of nitrogens with zero attached hydrogens (tertiary/aromatic N) is 2. The zero-order valence-electron chi connectivity index (χ0n) is 10.0. The van der Waals surface area contributed by atoms with Crippen molar-refractivity contribution in [1.82, 2.24) is 10.3 Å². The molecule has 7 nitrogen and oxygen atoms in total. The Labute approximate surface area is 103 Å². The van der Waals surface area contributed by atoms with E-state index >= 15 is 0 Å². The highest BCUT2D eigenvalue weighted by molar-refractivity contribution is 6.04. The Balaban J connectivity index is 2.75. The van der Waals surface area contributed by atoms with Crippen molar-refractivity contribution in [1.29, 1.82) is 0 Å². The smallest absolute Gasteiger partial charge is 0.288 e. The van der Waals surface area contributed by atoms with Gasteiger partial charge in [-0.05, 0) is 5.92 Å². The van der Waals surface area contributed by atoms with E-state index in [0.717, 1.165) is 12.3 Å². The molecule has 0 aliphatic carbocycles. The van der Waals surface area contributed by atoms with Crippen LogP contribution in [0.5, 0.6) is 0 Å². The highest BCUT2D eigenvalue weighted by Gasteiger charge is 2.15. The predicted molar refractivity (Wildman–Crippen MR) is 62.8 cm³/mol. The zero-order chi connectivity index (χ0) is 13.7. The summed E-state index contributed by atoms with van der Waals surface area (Å²) < 4.78 is 0. The van der Waals surface area contributed by atoms with Crippen LogP contribution in [0.1, 0.15) is 30.6 Å². The number of imide groups is 1. The molecule has 0 aliphatic heterocycles. The molecule has 1 aromatic rings. The first-order chi connectivity index (χ1) is 8.40. The largest absolute Gasteiger partial charge is 0.292 e. The average Bonchev–Trinajstić information content (AvgIpc) is 2.27. The Morgan fingerprint density at radius 2 is 2.11 bits per heavy atom. The first-order valence-electron chi connectivity index (χ1n) is 5.33. The third kappa shape index (κ3) is 3.93. The highest BCUT2D eigenvalue weighted by atomic mass is 16.6. The Bertz CT molecular complexity index is 485. The summed E-state index contributed by atoms with van der Waals surface area (Å²) in [7, 11) is 0. The SMILES string of the molecule is CC(C)CC(=O)NC(=O)c1cncc([N+](=O)[O-])c1. The van der Waals surface area contributed by atoms with Gasteiger partial charge >= 0.3 is 0 Å². The molecule has 1 rings (SSSR count). The monoisotopic (exact) mass is 251 g/mol. The van der Waals surface area contributed by atoms with Gasteiger partial charge in [0.25, 0.3) is 11.6 Å². The van der Waals surface area contributed by atoms with Crippen molar-refractivity contribution < 1.29 is 14.5 Å². The summed E-state index contributed by atoms with van der Waals surface area (Å²) in [6.45, 7) is 3.69. The van der Waals surface area contributed by atoms with E-state index in [0.29, 0.717) is 0 Å². The summed E-state index contributed by atoms with van der Waals surface area (Å²) in [6.07, 6.45) is 2.42. The summed E-state index contributed by atoms with van der Waals surface area (Å²) in [5.74, 6) is -0.973. The molecule has 18 heavy (non-hydrogen) atoms. The molecular formula is C11H13N3O4. The van der Waals surface area contributed by atoms with E-state index < -0.39 is 16.7 Å². The maximum Gasteiger partial charge on any atom is 0.288 e. The Kier molecular flexibility index (Phi) is 4.47. The summed E-state index contributed by atoms with van der Waals surface area (Å²) >= 11 is 0. The van der Waals surface area contributed by atoms with Crippen LogP contribution in [0.25, 0.3) is 0 Å². The number of aromatic nitrogens is 1. The molecule has 1 N–H and O–H groups in total. The molecule has 7 heteroatoms. The third-order valence-electron chi connectivity index (χ3n) is 2.04. The second-order valence-electron chi connectivity index (χ2n) is 4.16. The van der Waals surface area contributed by atoms with Crippen LogP contribution in [0.3, 0.4) is 0 Å². The molecular weight excluding hydrogens is 238 g/mol. The van der Waals surface area contributed by atoms with Crippen LogP contribution < -0.4 is 5.32 Å². The van der Waals surface area contributed by atoms with Crippen molar-refractivity contribution in [2.45, 2.75) is 20.3 Å². The van der Waals surface area contributed by atoms with Gasteiger partial charge < -0.3 is 0 Å². The molecule has 0 atom stereocenters. The van der Waals surface area contributed by atoms with Crippen molar-refractivity contribution in [3.8, 4) is 0 Å². The van der Waals surface area contributed by atoms with Gasteiger partial charge in [-0.25, -0.2) is 0 Å². The summed E-state index contributed by atoms with van der Waals surface area (Å²) in [6, 6.07) is 1.07. The highest BCUT2D eigenvalue weighted by Crippen LogP contribution is 2.10. The van der Waals surface area contributed by atoms with Crippen LogP contribution in [-0.2, 0) is 4.79 Å². The number of carbonyl (C=O) groups excluding carboxylic acids is 2. The number of amides is 2. The quantitative estimate of drug-likeness (QED) is 0.641. The minimum absolute atomic E-state index is 0.0127. The zero-order valence-corrected chi connectivity index (χ0v) is 10.0. The number of rotatable bonds is 4. The van der Waals surface area contributed by atoms with Crippen LogP contribution in [0.15, 0.2) is 18.5 Å². The lowest BCUT2D eigenvalue weighted by Gasteiger charge is -2.05. The Hall–Kier alpha value is -2.31. The number of hydrogen-bond acceptors (Lipinski definition) is 5. The molecule has 0 fully saturated rings. The van der Waals surface area contributed by atoms with Crippen LogP contribution in [0, 0.1) is 16.0 Å². The van der Waals surface area contributed by atoms with Crippen LogP contribution in [-0.4, -0.2) is 21.7 Å². The second kappa shape index (κ2) is 5.85.